The highest BCUT2D eigenvalue weighted by Gasteiger charge is 2.42. The second-order valence-corrected chi connectivity index (χ2v) is 15.4. The molecule has 1 aromatic carbocycles. The number of primary amides is 1. The van der Waals surface area contributed by atoms with Gasteiger partial charge < -0.3 is 20.2 Å². The van der Waals surface area contributed by atoms with Crippen LogP contribution in [-0.2, 0) is 20.1 Å². The number of halogens is 3. The van der Waals surface area contributed by atoms with Crippen molar-refractivity contribution >= 4 is 20.3 Å². The highest BCUT2D eigenvalue weighted by Crippen LogP contribution is 2.41. The van der Waals surface area contributed by atoms with Crippen molar-refractivity contribution in [3.63, 3.8) is 0 Å². The number of nitrogens with two attached hydrogens (primary N) is 1. The summed E-state index contributed by atoms with van der Waals surface area (Å²) in [6, 6.07) is 3.90. The molecule has 0 saturated heterocycles. The van der Waals surface area contributed by atoms with Gasteiger partial charge in [0.05, 0.1) is 17.7 Å². The Kier molecular flexibility index (Phi) is 9.18. The van der Waals surface area contributed by atoms with Crippen molar-refractivity contribution < 1.29 is 31.9 Å². The molecule has 0 radical (unpaired) electrons. The zero-order valence-corrected chi connectivity index (χ0v) is 21.7. The van der Waals surface area contributed by atoms with E-state index in [0.29, 0.717) is 5.56 Å². The first-order valence-corrected chi connectivity index (χ1v) is 13.8. The predicted molar refractivity (Wildman–Crippen MR) is 124 cm³/mol. The topological polar surface area (TPSA) is 90.6 Å². The van der Waals surface area contributed by atoms with Crippen LogP contribution in [0.2, 0.25) is 18.1 Å². The molecule has 6 nitrogen and oxygen atoms in total. The lowest BCUT2D eigenvalue weighted by molar-refractivity contribution is -0.137. The molecule has 0 unspecified atom stereocenters. The van der Waals surface area contributed by atoms with Crippen LogP contribution in [0.5, 0.6) is 0 Å². The van der Waals surface area contributed by atoms with Gasteiger partial charge in [-0.15, -0.1) is 0 Å². The summed E-state index contributed by atoms with van der Waals surface area (Å²) in [6.45, 7) is 15.2. The van der Waals surface area contributed by atoms with Gasteiger partial charge in [-0.2, -0.15) is 13.2 Å². The third-order valence-electron chi connectivity index (χ3n) is 5.56. The quantitative estimate of drug-likeness (QED) is 0.442. The normalized spacial score (nSPS) is 15.0. The smallest absolute Gasteiger partial charge is 0.416 e. The Morgan fingerprint density at radius 3 is 1.94 bits per heavy atom. The molecule has 0 fully saturated rings. The van der Waals surface area contributed by atoms with E-state index in [9.17, 15) is 22.8 Å². The van der Waals surface area contributed by atoms with Gasteiger partial charge in [-0.25, -0.2) is 4.79 Å². The van der Waals surface area contributed by atoms with Gasteiger partial charge in [0.15, 0.2) is 8.32 Å². The number of rotatable bonds is 8. The van der Waals surface area contributed by atoms with Gasteiger partial charge in [0.2, 0.25) is 5.91 Å². The van der Waals surface area contributed by atoms with E-state index in [1.165, 1.54) is 12.1 Å². The Hall–Kier alpha value is -2.07. The van der Waals surface area contributed by atoms with Gasteiger partial charge >= 0.3 is 12.3 Å². The van der Waals surface area contributed by atoms with E-state index in [-0.39, 0.29) is 17.9 Å². The minimum atomic E-state index is -4.48. The highest BCUT2D eigenvalue weighted by molar-refractivity contribution is 6.74. The minimum Gasteiger partial charge on any atom is -0.444 e. The summed E-state index contributed by atoms with van der Waals surface area (Å²) in [7, 11) is -2.45. The largest absolute Gasteiger partial charge is 0.444 e. The molecular formula is C23H37F3N2O4Si. The molecule has 0 bridgehead atoms. The van der Waals surface area contributed by atoms with Gasteiger partial charge in [-0.05, 0) is 63.0 Å². The van der Waals surface area contributed by atoms with Crippen molar-refractivity contribution in [2.24, 2.45) is 5.73 Å². The summed E-state index contributed by atoms with van der Waals surface area (Å²) >= 11 is 0. The van der Waals surface area contributed by atoms with Gasteiger partial charge in [-0.3, -0.25) is 4.79 Å². The Morgan fingerprint density at radius 2 is 1.55 bits per heavy atom. The molecule has 1 rings (SSSR count). The van der Waals surface area contributed by atoms with E-state index in [1.807, 2.05) is 33.9 Å². The zero-order chi connectivity index (χ0) is 25.8. The Balaban J connectivity index is 3.44. The number of alkyl halides is 3. The second kappa shape index (κ2) is 10.5. The van der Waals surface area contributed by atoms with Crippen LogP contribution in [0, 0.1) is 0 Å². The van der Waals surface area contributed by atoms with Crippen LogP contribution >= 0.6 is 0 Å². The molecule has 1 aromatic rings. The third-order valence-corrected chi connectivity index (χ3v) is 10.0. The highest BCUT2D eigenvalue weighted by atomic mass is 28.4. The van der Waals surface area contributed by atoms with E-state index < -0.39 is 49.8 Å². The molecule has 0 aliphatic rings. The average Bonchev–Trinajstić information content (AvgIpc) is 2.60. The monoisotopic (exact) mass is 490 g/mol. The number of nitrogens with one attached hydrogen (secondary N) is 1. The molecule has 0 spiro atoms. The van der Waals surface area contributed by atoms with Crippen LogP contribution in [-0.4, -0.2) is 32.0 Å². The van der Waals surface area contributed by atoms with Gasteiger partial charge in [0, 0.05) is 6.42 Å². The zero-order valence-electron chi connectivity index (χ0n) is 20.7. The lowest BCUT2D eigenvalue weighted by atomic mass is 9.97. The first kappa shape index (κ1) is 29.0. The fourth-order valence-corrected chi connectivity index (χ4v) is 4.08. The van der Waals surface area contributed by atoms with Crippen molar-refractivity contribution in [1.82, 2.24) is 5.32 Å². The lowest BCUT2D eigenvalue weighted by Crippen LogP contribution is -2.49. The number of hydrogen-bond donors (Lipinski definition) is 2. The second-order valence-electron chi connectivity index (χ2n) is 10.7. The number of alkyl carbamates (subject to hydrolysis) is 1. The van der Waals surface area contributed by atoms with E-state index in [4.69, 9.17) is 14.9 Å². The Morgan fingerprint density at radius 1 is 1.03 bits per heavy atom. The van der Waals surface area contributed by atoms with Crippen molar-refractivity contribution in [3.8, 4) is 0 Å². The van der Waals surface area contributed by atoms with Crippen LogP contribution in [0.4, 0.5) is 18.0 Å². The number of carbonyl (C=O) groups is 2. The minimum absolute atomic E-state index is 0.0432. The summed E-state index contributed by atoms with van der Waals surface area (Å²) in [4.78, 5) is 24.1. The number of ether oxygens (including phenoxy) is 1. The summed E-state index contributed by atoms with van der Waals surface area (Å²) in [5, 5.41) is 2.54. The summed E-state index contributed by atoms with van der Waals surface area (Å²) in [6.07, 6.45) is -5.91. The molecule has 2 amide bonds. The Bertz CT molecular complexity index is 813. The van der Waals surface area contributed by atoms with Crippen molar-refractivity contribution in [2.75, 3.05) is 0 Å². The first-order chi connectivity index (χ1) is 14.7. The maximum Gasteiger partial charge on any atom is 0.416 e. The fraction of sp³-hybridized carbons (Fsp3) is 0.652. The summed E-state index contributed by atoms with van der Waals surface area (Å²) < 4.78 is 51.2. The van der Waals surface area contributed by atoms with E-state index >= 15 is 0 Å². The SMILES string of the molecule is CC(C)(C)OC(=O)N[C@H](CCC(N)=O)[C@@H](O[Si](C)(C)C(C)(C)C)c1ccc(C(F)(F)F)cc1. The lowest BCUT2D eigenvalue weighted by Gasteiger charge is -2.42. The fourth-order valence-electron chi connectivity index (χ4n) is 2.79. The van der Waals surface area contributed by atoms with Gasteiger partial charge in [0.1, 0.15) is 5.60 Å². The standard InChI is InChI=1S/C23H37F3N2O4Si/c1-21(2,3)31-20(30)28-17(13-14-18(27)29)19(32-33(7,8)22(4,5)6)15-9-11-16(12-10-15)23(24,25)26/h9-12,17,19H,13-14H2,1-8H3,(H2,27,29)(H,28,30)/t17-,19+/m1/s1. The molecule has 188 valence electrons. The molecule has 33 heavy (non-hydrogen) atoms. The van der Waals surface area contributed by atoms with E-state index in [0.717, 1.165) is 12.1 Å². The van der Waals surface area contributed by atoms with Crippen molar-refractivity contribution in [1.29, 1.82) is 0 Å². The van der Waals surface area contributed by atoms with Crippen LogP contribution in [0.1, 0.15) is 71.6 Å². The molecular weight excluding hydrogens is 453 g/mol. The maximum absolute atomic E-state index is 13.1. The molecule has 10 heteroatoms. The average molecular weight is 491 g/mol. The third kappa shape index (κ3) is 9.36. The molecule has 2 atom stereocenters. The number of benzene rings is 1. The van der Waals surface area contributed by atoms with Crippen LogP contribution in [0.3, 0.4) is 0 Å². The van der Waals surface area contributed by atoms with Crippen LogP contribution in [0.25, 0.3) is 0 Å². The van der Waals surface area contributed by atoms with Crippen molar-refractivity contribution in [2.45, 2.75) is 96.4 Å². The molecule has 0 heterocycles. The number of amides is 2. The molecule has 0 saturated carbocycles. The van der Waals surface area contributed by atoms with Gasteiger partial charge in [-0.1, -0.05) is 32.9 Å². The molecule has 0 aliphatic heterocycles. The number of hydrogen-bond acceptors (Lipinski definition) is 4. The van der Waals surface area contributed by atoms with E-state index in [1.54, 1.807) is 20.8 Å². The van der Waals surface area contributed by atoms with Gasteiger partial charge in [0.25, 0.3) is 0 Å². The summed E-state index contributed by atoms with van der Waals surface area (Å²) in [5.41, 5.74) is 4.25. The van der Waals surface area contributed by atoms with E-state index in [2.05, 4.69) is 5.32 Å². The predicted octanol–water partition coefficient (Wildman–Crippen LogP) is 5.93. The van der Waals surface area contributed by atoms with Crippen LogP contribution in [0.15, 0.2) is 24.3 Å². The molecule has 0 aromatic heterocycles. The van der Waals surface area contributed by atoms with Crippen molar-refractivity contribution in [3.05, 3.63) is 35.4 Å². The first-order valence-electron chi connectivity index (χ1n) is 10.9. The summed E-state index contributed by atoms with van der Waals surface area (Å²) in [5.74, 6) is -0.565. The maximum atomic E-state index is 13.1. The van der Waals surface area contributed by atoms with Crippen LogP contribution < -0.4 is 11.1 Å². The Labute approximate surface area is 195 Å². The molecule has 3 N–H and O–H groups in total. The number of carbonyl (C=O) groups excluding carboxylic acids is 2. The molecule has 0 aliphatic carbocycles.